The summed E-state index contributed by atoms with van der Waals surface area (Å²) in [6.07, 6.45) is 2.63. The van der Waals surface area contributed by atoms with Crippen molar-refractivity contribution in [2.45, 2.75) is 32.4 Å². The molecule has 1 unspecified atom stereocenters. The first-order chi connectivity index (χ1) is 7.65. The van der Waals surface area contributed by atoms with Crippen LogP contribution in [0, 0.1) is 12.8 Å². The third-order valence-corrected chi connectivity index (χ3v) is 3.13. The number of aryl methyl sites for hydroxylation is 1. The Morgan fingerprint density at radius 2 is 2.25 bits per heavy atom. The molecule has 0 saturated heterocycles. The lowest BCUT2D eigenvalue weighted by molar-refractivity contribution is 0.289. The van der Waals surface area contributed by atoms with Crippen molar-refractivity contribution in [1.29, 1.82) is 0 Å². The van der Waals surface area contributed by atoms with Crippen molar-refractivity contribution in [2.75, 3.05) is 13.6 Å². The first-order valence-corrected chi connectivity index (χ1v) is 6.02. The van der Waals surface area contributed by atoms with E-state index in [2.05, 4.69) is 29.1 Å². The van der Waals surface area contributed by atoms with Crippen LogP contribution in [-0.4, -0.2) is 29.5 Å². The molecule has 1 saturated carbocycles. The highest BCUT2D eigenvalue weighted by Crippen LogP contribution is 2.31. The number of pyridine rings is 1. The van der Waals surface area contributed by atoms with Gasteiger partial charge in [0.2, 0.25) is 0 Å². The molecule has 0 aromatic carbocycles. The van der Waals surface area contributed by atoms with Gasteiger partial charge in [-0.2, -0.15) is 0 Å². The molecule has 1 atom stereocenters. The quantitative estimate of drug-likeness (QED) is 0.817. The van der Waals surface area contributed by atoms with Crippen LogP contribution in [-0.2, 0) is 6.54 Å². The van der Waals surface area contributed by atoms with Gasteiger partial charge in [-0.1, -0.05) is 6.07 Å². The molecule has 0 amide bonds. The van der Waals surface area contributed by atoms with Crippen LogP contribution in [0.15, 0.2) is 18.2 Å². The minimum atomic E-state index is 0.342. The van der Waals surface area contributed by atoms with Gasteiger partial charge in [0, 0.05) is 24.8 Å². The summed E-state index contributed by atoms with van der Waals surface area (Å²) in [5.41, 5.74) is 8.31. The van der Waals surface area contributed by atoms with Gasteiger partial charge in [0.25, 0.3) is 0 Å². The van der Waals surface area contributed by atoms with E-state index < -0.39 is 0 Å². The second-order valence-electron chi connectivity index (χ2n) is 4.97. The Balaban J connectivity index is 1.83. The highest BCUT2D eigenvalue weighted by molar-refractivity contribution is 5.09. The van der Waals surface area contributed by atoms with E-state index in [0.717, 1.165) is 30.4 Å². The van der Waals surface area contributed by atoms with Gasteiger partial charge in [-0.05, 0) is 44.9 Å². The van der Waals surface area contributed by atoms with E-state index in [1.807, 2.05) is 13.0 Å². The predicted octanol–water partition coefficient (Wildman–Crippen LogP) is 1.56. The van der Waals surface area contributed by atoms with Gasteiger partial charge >= 0.3 is 0 Å². The topological polar surface area (TPSA) is 42.1 Å². The lowest BCUT2D eigenvalue weighted by Gasteiger charge is -2.20. The van der Waals surface area contributed by atoms with Crippen LogP contribution >= 0.6 is 0 Å². The van der Waals surface area contributed by atoms with Crippen LogP contribution in [0.1, 0.15) is 24.2 Å². The van der Waals surface area contributed by atoms with Crippen LogP contribution in [0.5, 0.6) is 0 Å². The highest BCUT2D eigenvalue weighted by atomic mass is 15.1. The van der Waals surface area contributed by atoms with Crippen molar-refractivity contribution in [1.82, 2.24) is 9.88 Å². The van der Waals surface area contributed by atoms with E-state index in [4.69, 9.17) is 5.73 Å². The van der Waals surface area contributed by atoms with Gasteiger partial charge in [0.1, 0.15) is 0 Å². The number of hydrogen-bond acceptors (Lipinski definition) is 3. The van der Waals surface area contributed by atoms with Crippen LogP contribution in [0.25, 0.3) is 0 Å². The molecular formula is C13H21N3. The molecule has 0 spiro atoms. The molecule has 0 bridgehead atoms. The summed E-state index contributed by atoms with van der Waals surface area (Å²) in [7, 11) is 2.12. The van der Waals surface area contributed by atoms with Gasteiger partial charge in [-0.15, -0.1) is 0 Å². The van der Waals surface area contributed by atoms with Crippen molar-refractivity contribution in [3.63, 3.8) is 0 Å². The summed E-state index contributed by atoms with van der Waals surface area (Å²) >= 11 is 0. The lowest BCUT2D eigenvalue weighted by Crippen LogP contribution is -2.36. The van der Waals surface area contributed by atoms with Crippen LogP contribution in [0.3, 0.4) is 0 Å². The first-order valence-electron chi connectivity index (χ1n) is 6.02. The van der Waals surface area contributed by atoms with Crippen molar-refractivity contribution < 1.29 is 0 Å². The summed E-state index contributed by atoms with van der Waals surface area (Å²) in [5, 5.41) is 0. The van der Waals surface area contributed by atoms with E-state index in [0.29, 0.717) is 6.04 Å². The van der Waals surface area contributed by atoms with Gasteiger partial charge in [-0.3, -0.25) is 9.88 Å². The number of nitrogens with two attached hydrogens (primary N) is 1. The molecule has 0 aliphatic heterocycles. The smallest absolute Gasteiger partial charge is 0.0547 e. The molecule has 1 aromatic heterocycles. The molecule has 3 heteroatoms. The zero-order valence-corrected chi connectivity index (χ0v) is 10.2. The van der Waals surface area contributed by atoms with Gasteiger partial charge in [0.05, 0.1) is 5.69 Å². The molecule has 3 nitrogen and oxygen atoms in total. The fraction of sp³-hybridized carbons (Fsp3) is 0.615. The highest BCUT2D eigenvalue weighted by Gasteiger charge is 2.28. The average molecular weight is 219 g/mol. The third-order valence-electron chi connectivity index (χ3n) is 3.13. The minimum absolute atomic E-state index is 0.342. The van der Waals surface area contributed by atoms with E-state index >= 15 is 0 Å². The molecule has 2 rings (SSSR count). The van der Waals surface area contributed by atoms with E-state index in [9.17, 15) is 0 Å². The molecule has 1 fully saturated rings. The Labute approximate surface area is 97.7 Å². The fourth-order valence-corrected chi connectivity index (χ4v) is 2.06. The monoisotopic (exact) mass is 219 g/mol. The van der Waals surface area contributed by atoms with E-state index in [1.165, 1.54) is 12.8 Å². The second kappa shape index (κ2) is 4.93. The van der Waals surface area contributed by atoms with Crippen LogP contribution in [0.2, 0.25) is 0 Å². The van der Waals surface area contributed by atoms with Crippen molar-refractivity contribution in [2.24, 2.45) is 11.7 Å². The summed E-state index contributed by atoms with van der Waals surface area (Å²) in [6.45, 7) is 3.89. The molecule has 0 radical (unpaired) electrons. The normalized spacial score (nSPS) is 17.8. The minimum Gasteiger partial charge on any atom is -0.326 e. The zero-order chi connectivity index (χ0) is 11.5. The maximum Gasteiger partial charge on any atom is 0.0547 e. The van der Waals surface area contributed by atoms with E-state index in [1.54, 1.807) is 0 Å². The lowest BCUT2D eigenvalue weighted by atomic mass is 10.2. The van der Waals surface area contributed by atoms with Gasteiger partial charge in [0.15, 0.2) is 0 Å². The predicted molar refractivity (Wildman–Crippen MR) is 66.0 cm³/mol. The Bertz CT molecular complexity index is 347. The molecule has 88 valence electrons. The summed E-state index contributed by atoms with van der Waals surface area (Å²) in [6, 6.07) is 6.51. The SMILES string of the molecule is Cc1cccc(CN(C)CC(N)C2CC2)n1. The number of aromatic nitrogens is 1. The Kier molecular flexibility index (Phi) is 3.56. The molecule has 16 heavy (non-hydrogen) atoms. The second-order valence-corrected chi connectivity index (χ2v) is 4.97. The number of rotatable bonds is 5. The van der Waals surface area contributed by atoms with Crippen LogP contribution < -0.4 is 5.73 Å². The van der Waals surface area contributed by atoms with E-state index in [-0.39, 0.29) is 0 Å². The Hall–Kier alpha value is -0.930. The van der Waals surface area contributed by atoms with Gasteiger partial charge < -0.3 is 5.73 Å². The standard InChI is InChI=1S/C13H21N3/c1-10-4-3-5-12(15-10)8-16(2)9-13(14)11-6-7-11/h3-5,11,13H,6-9,14H2,1-2H3. The average Bonchev–Trinajstić information content (AvgIpc) is 2.99. The van der Waals surface area contributed by atoms with Gasteiger partial charge in [-0.25, -0.2) is 0 Å². The summed E-state index contributed by atoms with van der Waals surface area (Å²) < 4.78 is 0. The third kappa shape index (κ3) is 3.29. The Morgan fingerprint density at radius 3 is 2.88 bits per heavy atom. The molecule has 1 aliphatic carbocycles. The maximum absolute atomic E-state index is 6.10. The first kappa shape index (κ1) is 11.6. The molecule has 2 N–H and O–H groups in total. The number of hydrogen-bond donors (Lipinski definition) is 1. The van der Waals surface area contributed by atoms with Crippen molar-refractivity contribution in [3.05, 3.63) is 29.6 Å². The van der Waals surface area contributed by atoms with Crippen LogP contribution in [0.4, 0.5) is 0 Å². The molecule has 1 aliphatic rings. The molecular weight excluding hydrogens is 198 g/mol. The Morgan fingerprint density at radius 1 is 1.50 bits per heavy atom. The van der Waals surface area contributed by atoms with Crippen molar-refractivity contribution >= 4 is 0 Å². The maximum atomic E-state index is 6.10. The molecule has 1 heterocycles. The van der Waals surface area contributed by atoms with Crippen molar-refractivity contribution in [3.8, 4) is 0 Å². The number of nitrogens with zero attached hydrogens (tertiary/aromatic N) is 2. The fourth-order valence-electron chi connectivity index (χ4n) is 2.06. The number of likely N-dealkylation sites (N-methyl/N-ethyl adjacent to an activating group) is 1. The zero-order valence-electron chi connectivity index (χ0n) is 10.2. The summed E-state index contributed by atoms with van der Waals surface area (Å²) in [5.74, 6) is 0.771. The summed E-state index contributed by atoms with van der Waals surface area (Å²) in [4.78, 5) is 6.77. The molecule has 1 aromatic rings. The largest absolute Gasteiger partial charge is 0.326 e.